The fraction of sp³-hybridized carbons (Fsp3) is 0.240. The van der Waals surface area contributed by atoms with Crippen LogP contribution in [-0.4, -0.2) is 21.7 Å². The highest BCUT2D eigenvalue weighted by molar-refractivity contribution is 9.10. The summed E-state index contributed by atoms with van der Waals surface area (Å²) in [6.07, 6.45) is 3.83. The Morgan fingerprint density at radius 3 is 2.26 bits per heavy atom. The second kappa shape index (κ2) is 11.4. The number of nitrogens with zero attached hydrogens (tertiary/aromatic N) is 3. The molecule has 8 nitrogen and oxygen atoms in total. The second-order valence-electron chi connectivity index (χ2n) is 7.97. The molecule has 1 aromatic heterocycles. The van der Waals surface area contributed by atoms with Gasteiger partial charge in [0.05, 0.1) is 10.5 Å². The van der Waals surface area contributed by atoms with E-state index in [0.29, 0.717) is 17.7 Å². The Kier molecular flexibility index (Phi) is 8.58. The molecule has 0 saturated carbocycles. The second-order valence-corrected chi connectivity index (χ2v) is 9.28. The van der Waals surface area contributed by atoms with E-state index in [1.165, 1.54) is 47.5 Å². The zero-order valence-corrected chi connectivity index (χ0v) is 21.3. The summed E-state index contributed by atoms with van der Waals surface area (Å²) in [7, 11) is 0. The molecular weight excluding hydrogens is 536 g/mol. The van der Waals surface area contributed by atoms with Crippen molar-refractivity contribution in [1.29, 1.82) is 0 Å². The first-order valence-corrected chi connectivity index (χ1v) is 12.1. The quantitative estimate of drug-likeness (QED) is 0.141. The number of unbranched alkanes of at least 4 members (excludes halogenated alkanes) is 2. The zero-order valence-electron chi connectivity index (χ0n) is 19.0. The lowest BCUT2D eigenvalue weighted by Crippen LogP contribution is -2.58. The number of nitrogens with two attached hydrogens (primary N) is 1. The molecule has 1 atom stereocenters. The molecule has 2 N–H and O–H groups in total. The van der Waals surface area contributed by atoms with Gasteiger partial charge in [0.25, 0.3) is 11.6 Å². The average molecular weight is 560 g/mol. The van der Waals surface area contributed by atoms with Crippen LogP contribution in [0.4, 0.5) is 11.4 Å². The summed E-state index contributed by atoms with van der Waals surface area (Å²) in [5.74, 6) is -1.26. The van der Waals surface area contributed by atoms with Crippen LogP contribution < -0.4 is 10.6 Å². The summed E-state index contributed by atoms with van der Waals surface area (Å²) in [4.78, 5) is 43.4. The van der Waals surface area contributed by atoms with Crippen LogP contribution >= 0.6 is 27.5 Å². The summed E-state index contributed by atoms with van der Waals surface area (Å²) < 4.78 is 0.785. The van der Waals surface area contributed by atoms with Crippen LogP contribution in [0.15, 0.2) is 71.3 Å². The van der Waals surface area contributed by atoms with Crippen LogP contribution in [0, 0.1) is 10.1 Å². The molecule has 2 aromatic carbocycles. The third kappa shape index (κ3) is 5.68. The molecule has 1 unspecified atom stereocenters. The van der Waals surface area contributed by atoms with E-state index in [-0.39, 0.29) is 22.8 Å². The van der Waals surface area contributed by atoms with Gasteiger partial charge in [0.2, 0.25) is 5.91 Å². The maximum atomic E-state index is 14.0. The molecule has 0 spiro atoms. The van der Waals surface area contributed by atoms with Gasteiger partial charge in [-0.15, -0.1) is 0 Å². The lowest BCUT2D eigenvalue weighted by atomic mass is 9.81. The molecule has 0 aliphatic carbocycles. The minimum atomic E-state index is -1.62. The summed E-state index contributed by atoms with van der Waals surface area (Å²) >= 11 is 9.32. The van der Waals surface area contributed by atoms with Crippen LogP contribution in [-0.2, 0) is 10.3 Å². The van der Waals surface area contributed by atoms with Gasteiger partial charge in [0, 0.05) is 28.5 Å². The SMILES string of the molecule is CCCCCC(C(N)=O)(c1ccc([N+](=O)[O-])cc1)N(C(=O)c1ccc(Cl)nc1)c1ccc(Br)cc1. The number of carbonyl (C=O) groups excluding carboxylic acids is 2. The van der Waals surface area contributed by atoms with E-state index < -0.39 is 22.3 Å². The van der Waals surface area contributed by atoms with Crippen molar-refractivity contribution in [2.45, 2.75) is 38.1 Å². The Morgan fingerprint density at radius 2 is 1.74 bits per heavy atom. The number of hydrogen-bond acceptors (Lipinski definition) is 5. The van der Waals surface area contributed by atoms with Crippen molar-refractivity contribution < 1.29 is 14.5 Å². The third-order valence-corrected chi connectivity index (χ3v) is 6.50. The number of aromatic nitrogens is 1. The number of nitro groups is 1. The Morgan fingerprint density at radius 1 is 1.09 bits per heavy atom. The third-order valence-electron chi connectivity index (χ3n) is 5.75. The highest BCUT2D eigenvalue weighted by atomic mass is 79.9. The Bertz CT molecular complexity index is 1200. The number of halogens is 2. The summed E-state index contributed by atoms with van der Waals surface area (Å²) in [6.45, 7) is 2.02. The van der Waals surface area contributed by atoms with E-state index in [2.05, 4.69) is 20.9 Å². The van der Waals surface area contributed by atoms with Crippen LogP contribution in [0.1, 0.15) is 48.5 Å². The van der Waals surface area contributed by atoms with Gasteiger partial charge in [-0.2, -0.15) is 0 Å². The minimum absolute atomic E-state index is 0.135. The van der Waals surface area contributed by atoms with Gasteiger partial charge in [-0.25, -0.2) is 4.98 Å². The molecule has 0 aliphatic rings. The zero-order chi connectivity index (χ0) is 25.6. The maximum Gasteiger partial charge on any atom is 0.269 e. The standard InChI is InChI=1S/C25H24BrClN4O4/c1-2-3-4-15-25(24(28)33,18-6-10-21(11-7-18)31(34)35)30(20-12-8-19(26)9-13-20)23(32)17-5-14-22(27)29-16-17/h5-14,16H,2-4,15H2,1H3,(H2,28,33). The maximum absolute atomic E-state index is 14.0. The predicted octanol–water partition coefficient (Wildman–Crippen LogP) is 6.01. The first-order valence-electron chi connectivity index (χ1n) is 11.0. The smallest absolute Gasteiger partial charge is 0.269 e. The van der Waals surface area contributed by atoms with Gasteiger partial charge < -0.3 is 5.73 Å². The number of anilines is 1. The highest BCUT2D eigenvalue weighted by Gasteiger charge is 2.47. The first kappa shape index (κ1) is 26.3. The number of benzene rings is 2. The molecule has 0 bridgehead atoms. The number of pyridine rings is 1. The summed E-state index contributed by atoms with van der Waals surface area (Å²) in [6, 6.07) is 15.5. The lowest BCUT2D eigenvalue weighted by Gasteiger charge is -2.42. The fourth-order valence-corrected chi connectivity index (χ4v) is 4.36. The molecule has 3 rings (SSSR count). The number of rotatable bonds is 10. The van der Waals surface area contributed by atoms with Gasteiger partial charge in [-0.05, 0) is 60.5 Å². The Hall–Kier alpha value is -3.30. The van der Waals surface area contributed by atoms with E-state index in [1.54, 1.807) is 24.3 Å². The van der Waals surface area contributed by atoms with Gasteiger partial charge in [-0.3, -0.25) is 24.6 Å². The van der Waals surface area contributed by atoms with E-state index in [1.807, 2.05) is 6.92 Å². The predicted molar refractivity (Wildman–Crippen MR) is 138 cm³/mol. The van der Waals surface area contributed by atoms with E-state index in [0.717, 1.165) is 17.3 Å². The molecular formula is C25H24BrClN4O4. The Balaban J connectivity index is 2.29. The van der Waals surface area contributed by atoms with Gasteiger partial charge in [0.1, 0.15) is 5.15 Å². The van der Waals surface area contributed by atoms with Crippen LogP contribution in [0.3, 0.4) is 0 Å². The van der Waals surface area contributed by atoms with Crippen molar-refractivity contribution >= 4 is 50.7 Å². The molecule has 0 saturated heterocycles. The average Bonchev–Trinajstić information content (AvgIpc) is 2.84. The largest absolute Gasteiger partial charge is 0.367 e. The minimum Gasteiger partial charge on any atom is -0.367 e. The Labute approximate surface area is 216 Å². The molecule has 3 aromatic rings. The highest BCUT2D eigenvalue weighted by Crippen LogP contribution is 2.40. The number of carbonyl (C=O) groups is 2. The molecule has 182 valence electrons. The number of primary amides is 1. The topological polar surface area (TPSA) is 119 Å². The molecule has 0 fully saturated rings. The lowest BCUT2D eigenvalue weighted by molar-refractivity contribution is -0.384. The molecule has 2 amide bonds. The van der Waals surface area contributed by atoms with Crippen LogP contribution in [0.2, 0.25) is 5.15 Å². The van der Waals surface area contributed by atoms with Gasteiger partial charge in [0.15, 0.2) is 5.54 Å². The van der Waals surface area contributed by atoms with Crippen LogP contribution in [0.25, 0.3) is 0 Å². The van der Waals surface area contributed by atoms with E-state index >= 15 is 0 Å². The molecule has 0 radical (unpaired) electrons. The summed E-state index contributed by atoms with van der Waals surface area (Å²) in [5, 5.41) is 11.5. The number of hydrogen-bond donors (Lipinski definition) is 1. The van der Waals surface area contributed by atoms with Crippen LogP contribution in [0.5, 0.6) is 0 Å². The first-order chi connectivity index (χ1) is 16.7. The molecule has 10 heteroatoms. The number of non-ortho nitro benzene ring substituents is 1. The number of nitro benzene ring substituents is 1. The van der Waals surface area contributed by atoms with Crippen molar-refractivity contribution in [2.24, 2.45) is 5.73 Å². The number of amides is 2. The van der Waals surface area contributed by atoms with Crippen molar-refractivity contribution in [3.63, 3.8) is 0 Å². The van der Waals surface area contributed by atoms with Crippen molar-refractivity contribution in [2.75, 3.05) is 4.90 Å². The molecule has 0 aliphatic heterocycles. The normalized spacial score (nSPS) is 12.5. The van der Waals surface area contributed by atoms with Gasteiger partial charge >= 0.3 is 0 Å². The summed E-state index contributed by atoms with van der Waals surface area (Å²) in [5.41, 5.74) is 5.35. The van der Waals surface area contributed by atoms with Crippen molar-refractivity contribution in [3.8, 4) is 0 Å². The van der Waals surface area contributed by atoms with E-state index in [4.69, 9.17) is 17.3 Å². The monoisotopic (exact) mass is 558 g/mol. The van der Waals surface area contributed by atoms with E-state index in [9.17, 15) is 19.7 Å². The molecule has 35 heavy (non-hydrogen) atoms. The fourth-order valence-electron chi connectivity index (χ4n) is 3.98. The molecule has 1 heterocycles. The van der Waals surface area contributed by atoms with Crippen molar-refractivity contribution in [1.82, 2.24) is 4.98 Å². The van der Waals surface area contributed by atoms with Gasteiger partial charge in [-0.1, -0.05) is 53.7 Å². The van der Waals surface area contributed by atoms with Crippen molar-refractivity contribution in [3.05, 3.63) is 97.7 Å².